The van der Waals surface area contributed by atoms with E-state index in [1.54, 1.807) is 25.7 Å². The smallest absolute Gasteiger partial charge is 0.444 e. The summed E-state index contributed by atoms with van der Waals surface area (Å²) < 4.78 is 47.3. The number of carbonyl (C=O) groups excluding carboxylic acids is 2. The molecule has 0 spiro atoms. The standard InChI is InChI=1S/C22H29F3N2O5/c1-20(2,3)32-19(29)27-12-10-26(11-13-27)18(28)17(21(30)8-5-9-21)15-6-4-7-16(14-15)31-22(23,24)25/h4,6-7,14,17,30H,5,8-13H2,1-3H3. The van der Waals surface area contributed by atoms with Crippen molar-refractivity contribution in [2.75, 3.05) is 26.2 Å². The van der Waals surface area contributed by atoms with E-state index >= 15 is 0 Å². The fourth-order valence-corrected chi connectivity index (χ4v) is 4.02. The molecule has 1 aliphatic heterocycles. The van der Waals surface area contributed by atoms with Crippen LogP contribution in [0.15, 0.2) is 24.3 Å². The third-order valence-corrected chi connectivity index (χ3v) is 5.67. The lowest BCUT2D eigenvalue weighted by molar-refractivity contribution is -0.274. The second-order valence-corrected chi connectivity index (χ2v) is 9.30. The first-order chi connectivity index (χ1) is 14.8. The van der Waals surface area contributed by atoms with Gasteiger partial charge in [-0.3, -0.25) is 4.79 Å². The molecular formula is C22H29F3N2O5. The van der Waals surface area contributed by atoms with Gasteiger partial charge in [0.05, 0.1) is 11.5 Å². The van der Waals surface area contributed by atoms with Crippen LogP contribution in [0.2, 0.25) is 0 Å². The first kappa shape index (κ1) is 24.2. The zero-order chi connectivity index (χ0) is 23.7. The van der Waals surface area contributed by atoms with Gasteiger partial charge in [-0.2, -0.15) is 0 Å². The Kier molecular flexibility index (Phi) is 6.65. The average Bonchev–Trinajstić information content (AvgIpc) is 2.64. The van der Waals surface area contributed by atoms with Crippen molar-refractivity contribution in [3.63, 3.8) is 0 Å². The summed E-state index contributed by atoms with van der Waals surface area (Å²) in [6.07, 6.45) is -3.83. The van der Waals surface area contributed by atoms with E-state index in [1.165, 1.54) is 17.0 Å². The highest BCUT2D eigenvalue weighted by Crippen LogP contribution is 2.45. The molecule has 2 fully saturated rings. The van der Waals surface area contributed by atoms with Crippen LogP contribution in [0.1, 0.15) is 51.5 Å². The minimum Gasteiger partial charge on any atom is -0.444 e. The van der Waals surface area contributed by atoms with E-state index in [4.69, 9.17) is 4.74 Å². The number of piperazine rings is 1. The number of rotatable bonds is 4. The van der Waals surface area contributed by atoms with Crippen molar-refractivity contribution in [3.8, 4) is 5.75 Å². The zero-order valence-electron chi connectivity index (χ0n) is 18.4. The molecule has 1 saturated carbocycles. The van der Waals surface area contributed by atoms with Gasteiger partial charge in [0.1, 0.15) is 11.4 Å². The van der Waals surface area contributed by atoms with E-state index in [-0.39, 0.29) is 37.6 Å². The van der Waals surface area contributed by atoms with Crippen LogP contribution >= 0.6 is 0 Å². The number of carbonyl (C=O) groups is 2. The van der Waals surface area contributed by atoms with E-state index in [9.17, 15) is 27.9 Å². The number of ether oxygens (including phenoxy) is 2. The maximum atomic E-state index is 13.4. The van der Waals surface area contributed by atoms with Crippen LogP contribution in [-0.4, -0.2) is 70.7 Å². The number of alkyl halides is 3. The first-order valence-electron chi connectivity index (χ1n) is 10.6. The molecule has 178 valence electrons. The van der Waals surface area contributed by atoms with Gasteiger partial charge in [-0.15, -0.1) is 13.2 Å². The van der Waals surface area contributed by atoms with Crippen molar-refractivity contribution < 1.29 is 37.3 Å². The topological polar surface area (TPSA) is 79.3 Å². The van der Waals surface area contributed by atoms with Crippen LogP contribution in [0.5, 0.6) is 5.75 Å². The Morgan fingerprint density at radius 3 is 2.16 bits per heavy atom. The van der Waals surface area contributed by atoms with Gasteiger partial charge in [-0.05, 0) is 57.7 Å². The van der Waals surface area contributed by atoms with Gasteiger partial charge in [-0.1, -0.05) is 12.1 Å². The summed E-state index contributed by atoms with van der Waals surface area (Å²) in [5, 5.41) is 11.0. The number of aliphatic hydroxyl groups is 1. The van der Waals surface area contributed by atoms with Crippen molar-refractivity contribution in [1.29, 1.82) is 0 Å². The van der Waals surface area contributed by atoms with E-state index in [0.717, 1.165) is 18.6 Å². The Balaban J connectivity index is 1.75. The Hall–Kier alpha value is -2.49. The molecule has 2 aliphatic rings. The minimum absolute atomic E-state index is 0.239. The minimum atomic E-state index is -4.86. The van der Waals surface area contributed by atoms with Gasteiger partial charge in [-0.25, -0.2) is 4.79 Å². The molecule has 1 unspecified atom stereocenters. The maximum Gasteiger partial charge on any atom is 0.573 e. The Bertz CT molecular complexity index is 841. The van der Waals surface area contributed by atoms with Crippen molar-refractivity contribution in [2.24, 2.45) is 0 Å². The van der Waals surface area contributed by atoms with Crippen LogP contribution in [0, 0.1) is 0 Å². The van der Waals surface area contributed by atoms with Crippen LogP contribution in [-0.2, 0) is 9.53 Å². The number of halogens is 3. The molecule has 7 nitrogen and oxygen atoms in total. The highest BCUT2D eigenvalue weighted by molar-refractivity contribution is 5.86. The summed E-state index contributed by atoms with van der Waals surface area (Å²) in [4.78, 5) is 28.7. The van der Waals surface area contributed by atoms with Crippen molar-refractivity contribution in [2.45, 2.75) is 63.5 Å². The van der Waals surface area contributed by atoms with Gasteiger partial charge >= 0.3 is 12.5 Å². The monoisotopic (exact) mass is 458 g/mol. The molecule has 1 aromatic rings. The zero-order valence-corrected chi connectivity index (χ0v) is 18.4. The molecule has 32 heavy (non-hydrogen) atoms. The largest absolute Gasteiger partial charge is 0.573 e. The second kappa shape index (κ2) is 8.80. The van der Waals surface area contributed by atoms with Crippen LogP contribution in [0.4, 0.5) is 18.0 Å². The molecule has 1 aromatic carbocycles. The lowest BCUT2D eigenvalue weighted by atomic mass is 9.68. The molecule has 1 atom stereocenters. The van der Waals surface area contributed by atoms with E-state index < -0.39 is 35.3 Å². The quantitative estimate of drug-likeness (QED) is 0.745. The van der Waals surface area contributed by atoms with Crippen LogP contribution in [0.3, 0.4) is 0 Å². The highest BCUT2D eigenvalue weighted by atomic mass is 19.4. The van der Waals surface area contributed by atoms with E-state index in [0.29, 0.717) is 12.8 Å². The summed E-state index contributed by atoms with van der Waals surface area (Å²) in [7, 11) is 0. The number of hydrogen-bond acceptors (Lipinski definition) is 5. The lowest BCUT2D eigenvalue weighted by Crippen LogP contribution is -2.56. The van der Waals surface area contributed by atoms with Gasteiger partial charge < -0.3 is 24.4 Å². The maximum absolute atomic E-state index is 13.4. The molecule has 10 heteroatoms. The molecule has 1 saturated heterocycles. The normalized spacial score (nSPS) is 19.7. The fourth-order valence-electron chi connectivity index (χ4n) is 4.02. The molecule has 1 aliphatic carbocycles. The third-order valence-electron chi connectivity index (χ3n) is 5.67. The SMILES string of the molecule is CC(C)(C)OC(=O)N1CCN(C(=O)C(c2cccc(OC(F)(F)F)c2)C2(O)CCC2)CC1. The van der Waals surface area contributed by atoms with Crippen LogP contribution in [0.25, 0.3) is 0 Å². The van der Waals surface area contributed by atoms with Gasteiger partial charge in [0.15, 0.2) is 0 Å². The lowest BCUT2D eigenvalue weighted by Gasteiger charge is -2.45. The molecule has 0 aromatic heterocycles. The molecule has 2 amide bonds. The number of hydrogen-bond donors (Lipinski definition) is 1. The fraction of sp³-hybridized carbons (Fsp3) is 0.636. The van der Waals surface area contributed by atoms with Crippen molar-refractivity contribution in [3.05, 3.63) is 29.8 Å². The molecular weight excluding hydrogens is 429 g/mol. The van der Waals surface area contributed by atoms with E-state index in [2.05, 4.69) is 4.74 Å². The average molecular weight is 458 g/mol. The summed E-state index contributed by atoms with van der Waals surface area (Å²) in [5.74, 6) is -1.83. The van der Waals surface area contributed by atoms with Crippen molar-refractivity contribution >= 4 is 12.0 Å². The van der Waals surface area contributed by atoms with Gasteiger partial charge in [0.25, 0.3) is 0 Å². The molecule has 0 radical (unpaired) electrons. The third kappa shape index (κ3) is 5.85. The van der Waals surface area contributed by atoms with Gasteiger partial charge in [0, 0.05) is 26.2 Å². The highest BCUT2D eigenvalue weighted by Gasteiger charge is 2.48. The van der Waals surface area contributed by atoms with E-state index in [1.807, 2.05) is 0 Å². The molecule has 1 N–H and O–H groups in total. The predicted molar refractivity (Wildman–Crippen MR) is 109 cm³/mol. The Morgan fingerprint density at radius 1 is 1.06 bits per heavy atom. The van der Waals surface area contributed by atoms with Gasteiger partial charge in [0.2, 0.25) is 5.91 Å². The Morgan fingerprint density at radius 2 is 1.66 bits per heavy atom. The summed E-state index contributed by atoms with van der Waals surface area (Å²) in [6.45, 7) is 6.32. The summed E-state index contributed by atoms with van der Waals surface area (Å²) in [5.41, 5.74) is -1.68. The first-order valence-corrected chi connectivity index (χ1v) is 10.6. The number of benzene rings is 1. The second-order valence-electron chi connectivity index (χ2n) is 9.30. The predicted octanol–water partition coefficient (Wildman–Crippen LogP) is 3.66. The summed E-state index contributed by atoms with van der Waals surface area (Å²) in [6, 6.07) is 5.21. The van der Waals surface area contributed by atoms with Crippen molar-refractivity contribution in [1.82, 2.24) is 9.80 Å². The Labute approximate surface area is 185 Å². The van der Waals surface area contributed by atoms with Crippen LogP contribution < -0.4 is 4.74 Å². The number of nitrogens with zero attached hydrogens (tertiary/aromatic N) is 2. The molecule has 0 bridgehead atoms. The molecule has 3 rings (SSSR count). The number of amides is 2. The summed E-state index contributed by atoms with van der Waals surface area (Å²) >= 11 is 0. The molecule has 1 heterocycles.